The molecule has 0 saturated heterocycles. The number of benzene rings is 1. The van der Waals surface area contributed by atoms with Crippen molar-refractivity contribution in [3.8, 4) is 11.4 Å². The molecule has 0 aliphatic heterocycles. The van der Waals surface area contributed by atoms with Crippen molar-refractivity contribution in [3.63, 3.8) is 0 Å². The van der Waals surface area contributed by atoms with E-state index in [1.165, 1.54) is 0 Å². The van der Waals surface area contributed by atoms with Gasteiger partial charge in [0.05, 0.1) is 4.90 Å². The molecule has 7 nitrogen and oxygen atoms in total. The highest BCUT2D eigenvalue weighted by Crippen LogP contribution is 2.32. The smallest absolute Gasteiger partial charge is 0.245 e. The third-order valence-electron chi connectivity index (χ3n) is 5.78. The molecular weight excluding hydrogens is 400 g/mol. The van der Waals surface area contributed by atoms with E-state index in [0.29, 0.717) is 16.3 Å². The van der Waals surface area contributed by atoms with E-state index in [1.54, 1.807) is 18.5 Å². The predicted octanol–water partition coefficient (Wildman–Crippen LogP) is 4.35. The first-order valence-corrected chi connectivity index (χ1v) is 11.4. The Hall–Kier alpha value is -2.58. The molecule has 0 aliphatic carbocycles. The number of nitrogens with one attached hydrogen (secondary N) is 1. The van der Waals surface area contributed by atoms with Gasteiger partial charge in [-0.1, -0.05) is 19.0 Å². The largest absolute Gasteiger partial charge is 0.337 e. The van der Waals surface area contributed by atoms with Gasteiger partial charge in [-0.25, -0.2) is 8.42 Å². The van der Waals surface area contributed by atoms with Gasteiger partial charge in [0.2, 0.25) is 21.7 Å². The number of hydrogen-bond acceptors (Lipinski definition) is 6. The number of hydrogen-bond donors (Lipinski definition) is 1. The molecule has 0 unspecified atom stereocenters. The molecule has 0 saturated carbocycles. The van der Waals surface area contributed by atoms with Crippen molar-refractivity contribution in [2.24, 2.45) is 5.92 Å². The second-order valence-corrected chi connectivity index (χ2v) is 9.65. The van der Waals surface area contributed by atoms with Crippen LogP contribution in [0.1, 0.15) is 53.6 Å². The van der Waals surface area contributed by atoms with Gasteiger partial charge in [-0.05, 0) is 80.5 Å². The average molecular weight is 429 g/mol. The number of aromatic nitrogens is 3. The third-order valence-corrected chi connectivity index (χ3v) is 7.49. The van der Waals surface area contributed by atoms with Crippen molar-refractivity contribution in [3.05, 3.63) is 58.2 Å². The molecule has 0 radical (unpaired) electrons. The van der Waals surface area contributed by atoms with Gasteiger partial charge >= 0.3 is 0 Å². The lowest BCUT2D eigenvalue weighted by molar-refractivity contribution is 0.311. The van der Waals surface area contributed by atoms with Crippen LogP contribution in [-0.4, -0.2) is 23.5 Å². The summed E-state index contributed by atoms with van der Waals surface area (Å²) >= 11 is 0. The first-order valence-electron chi connectivity index (χ1n) is 9.87. The van der Waals surface area contributed by atoms with E-state index in [0.717, 1.165) is 27.8 Å². The van der Waals surface area contributed by atoms with Crippen molar-refractivity contribution in [1.82, 2.24) is 19.8 Å². The monoisotopic (exact) mass is 428 g/mol. The maximum atomic E-state index is 13.4. The van der Waals surface area contributed by atoms with E-state index in [2.05, 4.69) is 19.8 Å². The SMILES string of the molecule is Cc1c(C)c(C)c(S(=O)(=O)N[C@H](c2nc(-c3cccnc3)no2)C(C)C)c(C)c1C. The topological polar surface area (TPSA) is 98.0 Å². The summed E-state index contributed by atoms with van der Waals surface area (Å²) in [4.78, 5) is 8.81. The molecule has 0 amide bonds. The number of pyridine rings is 1. The Morgan fingerprint density at radius 3 is 2.10 bits per heavy atom. The fourth-order valence-corrected chi connectivity index (χ4v) is 5.48. The zero-order valence-corrected chi connectivity index (χ0v) is 19.3. The Balaban J connectivity index is 2.02. The lowest BCUT2D eigenvalue weighted by Crippen LogP contribution is -2.33. The molecule has 1 atom stereocenters. The van der Waals surface area contributed by atoms with E-state index >= 15 is 0 Å². The summed E-state index contributed by atoms with van der Waals surface area (Å²) in [7, 11) is -3.82. The van der Waals surface area contributed by atoms with E-state index in [4.69, 9.17) is 4.52 Å². The summed E-state index contributed by atoms with van der Waals surface area (Å²) in [5, 5.41) is 4.01. The Bertz CT molecular complexity index is 1140. The molecule has 0 bridgehead atoms. The summed E-state index contributed by atoms with van der Waals surface area (Å²) in [6.07, 6.45) is 3.29. The molecule has 3 rings (SSSR count). The zero-order chi connectivity index (χ0) is 22.2. The normalized spacial score (nSPS) is 13.1. The summed E-state index contributed by atoms with van der Waals surface area (Å²) < 4.78 is 35.1. The minimum atomic E-state index is -3.82. The van der Waals surface area contributed by atoms with Crippen LogP contribution in [0.2, 0.25) is 0 Å². The van der Waals surface area contributed by atoms with Crippen LogP contribution in [0.15, 0.2) is 33.9 Å². The predicted molar refractivity (Wildman–Crippen MR) is 116 cm³/mol. The van der Waals surface area contributed by atoms with Crippen molar-refractivity contribution in [2.45, 2.75) is 59.4 Å². The molecule has 1 aromatic carbocycles. The quantitative estimate of drug-likeness (QED) is 0.627. The molecule has 2 aromatic heterocycles. The van der Waals surface area contributed by atoms with Crippen molar-refractivity contribution < 1.29 is 12.9 Å². The van der Waals surface area contributed by atoms with Crippen LogP contribution in [-0.2, 0) is 10.0 Å². The van der Waals surface area contributed by atoms with Gasteiger partial charge in [-0.3, -0.25) is 4.98 Å². The maximum absolute atomic E-state index is 13.4. The second kappa shape index (κ2) is 8.28. The summed E-state index contributed by atoms with van der Waals surface area (Å²) in [5.74, 6) is 0.496. The highest BCUT2D eigenvalue weighted by atomic mass is 32.2. The summed E-state index contributed by atoms with van der Waals surface area (Å²) in [6.45, 7) is 13.4. The lowest BCUT2D eigenvalue weighted by atomic mass is 9.95. The van der Waals surface area contributed by atoms with Gasteiger partial charge in [-0.15, -0.1) is 0 Å². The standard InChI is InChI=1S/C22H28N4O3S/c1-12(2)19(22-24-21(25-29-22)18-9-8-10-23-11-18)26-30(27,28)20-16(6)14(4)13(3)15(5)17(20)7/h8-12,19,26H,1-7H3/t19-/m0/s1. The molecule has 3 aromatic rings. The summed E-state index contributed by atoms with van der Waals surface area (Å²) in [6, 6.07) is 2.94. The molecule has 0 fully saturated rings. The van der Waals surface area contributed by atoms with E-state index in [9.17, 15) is 8.42 Å². The molecule has 0 spiro atoms. The number of nitrogens with zero attached hydrogens (tertiary/aromatic N) is 3. The van der Waals surface area contributed by atoms with Crippen molar-refractivity contribution in [2.75, 3.05) is 0 Å². The van der Waals surface area contributed by atoms with Gasteiger partial charge in [0.1, 0.15) is 6.04 Å². The van der Waals surface area contributed by atoms with Gasteiger partial charge < -0.3 is 4.52 Å². The van der Waals surface area contributed by atoms with Crippen molar-refractivity contribution in [1.29, 1.82) is 0 Å². The van der Waals surface area contributed by atoms with Crippen LogP contribution < -0.4 is 4.72 Å². The van der Waals surface area contributed by atoms with Gasteiger partial charge in [0.15, 0.2) is 0 Å². The number of rotatable bonds is 6. The second-order valence-electron chi connectivity index (χ2n) is 8.00. The Kier molecular flexibility index (Phi) is 6.10. The highest BCUT2D eigenvalue weighted by Gasteiger charge is 2.31. The van der Waals surface area contributed by atoms with E-state index in [1.807, 2.05) is 54.5 Å². The van der Waals surface area contributed by atoms with Crippen LogP contribution >= 0.6 is 0 Å². The minimum Gasteiger partial charge on any atom is -0.337 e. The molecule has 2 heterocycles. The van der Waals surface area contributed by atoms with Crippen LogP contribution in [0.3, 0.4) is 0 Å². The van der Waals surface area contributed by atoms with Crippen molar-refractivity contribution >= 4 is 10.0 Å². The Labute approximate surface area is 178 Å². The molecule has 8 heteroatoms. The zero-order valence-electron chi connectivity index (χ0n) is 18.4. The molecule has 160 valence electrons. The van der Waals surface area contributed by atoms with Gasteiger partial charge in [-0.2, -0.15) is 9.71 Å². The van der Waals surface area contributed by atoms with E-state index < -0.39 is 16.1 Å². The summed E-state index contributed by atoms with van der Waals surface area (Å²) in [5.41, 5.74) is 5.29. The van der Waals surface area contributed by atoms with Gasteiger partial charge in [0, 0.05) is 18.0 Å². The lowest BCUT2D eigenvalue weighted by Gasteiger charge is -2.23. The fraction of sp³-hybridized carbons (Fsp3) is 0.409. The first-order chi connectivity index (χ1) is 14.0. The van der Waals surface area contributed by atoms with Crippen LogP contribution in [0, 0.1) is 40.5 Å². The Morgan fingerprint density at radius 2 is 1.57 bits per heavy atom. The van der Waals surface area contributed by atoms with Crippen LogP contribution in [0.5, 0.6) is 0 Å². The molecule has 30 heavy (non-hydrogen) atoms. The van der Waals surface area contributed by atoms with Gasteiger partial charge in [0.25, 0.3) is 0 Å². The Morgan fingerprint density at radius 1 is 0.967 bits per heavy atom. The fourth-order valence-electron chi connectivity index (χ4n) is 3.54. The molecule has 0 aliphatic rings. The molecule has 1 N–H and O–H groups in total. The maximum Gasteiger partial charge on any atom is 0.245 e. The van der Waals surface area contributed by atoms with Crippen LogP contribution in [0.4, 0.5) is 0 Å². The number of sulfonamides is 1. The third kappa shape index (κ3) is 4.02. The first kappa shape index (κ1) is 22.1. The van der Waals surface area contributed by atoms with Crippen LogP contribution in [0.25, 0.3) is 11.4 Å². The minimum absolute atomic E-state index is 0.102. The van der Waals surface area contributed by atoms with E-state index in [-0.39, 0.29) is 11.8 Å². The highest BCUT2D eigenvalue weighted by molar-refractivity contribution is 7.89. The molecular formula is C22H28N4O3S. The average Bonchev–Trinajstić information content (AvgIpc) is 3.19.